The maximum Gasteiger partial charge on any atom is 0.418 e. The summed E-state index contributed by atoms with van der Waals surface area (Å²) >= 11 is 3.20. The molecule has 0 bridgehead atoms. The number of benzene rings is 8. The molecule has 8 aromatic carbocycles. The molecule has 0 aliphatic heterocycles. The third-order valence-electron chi connectivity index (χ3n) is 11.4. The van der Waals surface area contributed by atoms with Gasteiger partial charge in [0, 0.05) is 73.5 Å². The Morgan fingerprint density at radius 1 is 0.414 bits per heavy atom. The smallest absolute Gasteiger partial charge is 0.308 e. The predicted octanol–water partition coefficient (Wildman–Crippen LogP) is 15.6. The van der Waals surface area contributed by atoms with E-state index in [1.165, 1.54) is 24.3 Å². The topological polar surface area (TPSA) is 9.86 Å². The lowest BCUT2D eigenvalue weighted by atomic mass is 9.98. The maximum atomic E-state index is 16.1. The molecule has 0 aliphatic carbocycles. The molecule has 9 heteroatoms. The normalized spacial score (nSPS) is 12.6. The van der Waals surface area contributed by atoms with Gasteiger partial charge in [-0.05, 0) is 66.2 Å². The Hall–Kier alpha value is -6.55. The molecule has 4 heterocycles. The van der Waals surface area contributed by atoms with E-state index < -0.39 is 23.4 Å². The first-order valence-corrected chi connectivity index (χ1v) is 20.3. The lowest BCUT2D eigenvalue weighted by Gasteiger charge is -2.22. The van der Waals surface area contributed by atoms with Gasteiger partial charge in [0.2, 0.25) is 0 Å². The molecule has 0 atom stereocenters. The second-order valence-electron chi connectivity index (χ2n) is 14.6. The number of fused-ring (bicyclic) bond motifs is 14. The molecular formula is C49H25F5N2S2. The van der Waals surface area contributed by atoms with Crippen molar-refractivity contribution in [3.05, 3.63) is 169 Å². The summed E-state index contributed by atoms with van der Waals surface area (Å²) in [6.07, 6.45) is -4.85. The molecule has 278 valence electrons. The molecule has 58 heavy (non-hydrogen) atoms. The van der Waals surface area contributed by atoms with Crippen LogP contribution in [0.4, 0.5) is 22.0 Å². The molecule has 4 aromatic heterocycles. The molecule has 0 N–H and O–H groups in total. The number of thiophene rings is 2. The Bertz CT molecular complexity index is 3690. The van der Waals surface area contributed by atoms with Gasteiger partial charge in [0.1, 0.15) is 11.6 Å². The van der Waals surface area contributed by atoms with Crippen molar-refractivity contribution in [2.45, 2.75) is 6.18 Å². The third-order valence-corrected chi connectivity index (χ3v) is 13.7. The number of hydrogen-bond donors (Lipinski definition) is 0. The molecular weight excluding hydrogens is 776 g/mol. The van der Waals surface area contributed by atoms with E-state index in [4.69, 9.17) is 0 Å². The van der Waals surface area contributed by atoms with Gasteiger partial charge in [-0.3, -0.25) is 0 Å². The first-order valence-electron chi connectivity index (χ1n) is 18.6. The molecule has 0 aliphatic rings. The SMILES string of the molecule is Fc1cc(F)cc(-c2cc(-n3c4ccccc4c4ccc5sc6ccccc6c5c43)c(C(F)(F)F)cc2-n2c3ccccc3c3ccc4sc5ccccc5c4c32)c1. The van der Waals surface area contributed by atoms with Gasteiger partial charge in [0.05, 0.1) is 39.0 Å². The van der Waals surface area contributed by atoms with E-state index in [0.717, 1.165) is 73.5 Å². The number of para-hydroxylation sites is 2. The third kappa shape index (κ3) is 4.68. The van der Waals surface area contributed by atoms with Crippen molar-refractivity contribution in [2.24, 2.45) is 0 Å². The molecule has 0 spiro atoms. The van der Waals surface area contributed by atoms with Gasteiger partial charge < -0.3 is 9.13 Å². The fourth-order valence-electron chi connectivity index (χ4n) is 9.14. The molecule has 0 unspecified atom stereocenters. The zero-order valence-electron chi connectivity index (χ0n) is 30.0. The maximum absolute atomic E-state index is 16.1. The van der Waals surface area contributed by atoms with Crippen LogP contribution < -0.4 is 0 Å². The quantitative estimate of drug-likeness (QED) is 0.158. The zero-order valence-corrected chi connectivity index (χ0v) is 31.7. The van der Waals surface area contributed by atoms with Crippen LogP contribution in [0.15, 0.2) is 152 Å². The van der Waals surface area contributed by atoms with Crippen molar-refractivity contribution in [1.82, 2.24) is 9.13 Å². The van der Waals surface area contributed by atoms with E-state index in [2.05, 4.69) is 6.07 Å². The number of nitrogens with zero attached hydrogens (tertiary/aromatic N) is 2. The fourth-order valence-corrected chi connectivity index (χ4v) is 11.4. The average Bonchev–Trinajstić information content (AvgIpc) is 3.97. The second kappa shape index (κ2) is 12.0. The number of alkyl halides is 3. The number of aromatic nitrogens is 2. The number of rotatable bonds is 3. The summed E-state index contributed by atoms with van der Waals surface area (Å²) in [5.74, 6) is -1.67. The fraction of sp³-hybridized carbons (Fsp3) is 0.0204. The highest BCUT2D eigenvalue weighted by atomic mass is 32.1. The van der Waals surface area contributed by atoms with Crippen LogP contribution >= 0.6 is 22.7 Å². The summed E-state index contributed by atoms with van der Waals surface area (Å²) in [5, 5.41) is 6.95. The molecule has 0 saturated heterocycles. The highest BCUT2D eigenvalue weighted by Gasteiger charge is 2.37. The van der Waals surface area contributed by atoms with E-state index in [0.29, 0.717) is 16.6 Å². The van der Waals surface area contributed by atoms with Gasteiger partial charge >= 0.3 is 6.18 Å². The molecule has 0 radical (unpaired) electrons. The first kappa shape index (κ1) is 33.6. The summed E-state index contributed by atoms with van der Waals surface area (Å²) in [6.45, 7) is 0. The van der Waals surface area contributed by atoms with Crippen LogP contribution in [0.25, 0.3) is 106 Å². The zero-order chi connectivity index (χ0) is 39.0. The van der Waals surface area contributed by atoms with Crippen LogP contribution in [0.1, 0.15) is 5.56 Å². The van der Waals surface area contributed by atoms with Gasteiger partial charge in [-0.25, -0.2) is 8.78 Å². The van der Waals surface area contributed by atoms with Crippen LogP contribution in [0.3, 0.4) is 0 Å². The van der Waals surface area contributed by atoms with Crippen molar-refractivity contribution in [1.29, 1.82) is 0 Å². The molecule has 12 aromatic rings. The van der Waals surface area contributed by atoms with E-state index in [1.54, 1.807) is 27.2 Å². The Morgan fingerprint density at radius 3 is 1.40 bits per heavy atom. The Balaban J connectivity index is 1.31. The minimum atomic E-state index is -4.85. The van der Waals surface area contributed by atoms with Crippen molar-refractivity contribution >= 4 is 107 Å². The van der Waals surface area contributed by atoms with E-state index in [9.17, 15) is 0 Å². The summed E-state index contributed by atoms with van der Waals surface area (Å²) in [7, 11) is 0. The van der Waals surface area contributed by atoms with Gasteiger partial charge in [0.15, 0.2) is 0 Å². The molecule has 0 fully saturated rings. The lowest BCUT2D eigenvalue weighted by Crippen LogP contribution is -2.13. The standard InChI is InChI=1S/C49H25F5N2S2/c50-27-21-26(22-28(51)23-27)35-24-40(56-38-14-6-2-10-30(38)32-18-20-44-46(48(32)56)34-12-4-8-16-42(34)58-44)36(49(52,53)54)25-39(35)55-37-13-5-1-9-29(37)31-17-19-43-45(47(31)55)33-11-3-7-15-41(33)57-43/h1-25H. The van der Waals surface area contributed by atoms with Crippen LogP contribution in [0.5, 0.6) is 0 Å². The Kier molecular flexibility index (Phi) is 6.94. The summed E-state index contributed by atoms with van der Waals surface area (Å²) in [5.41, 5.74) is 2.10. The molecule has 0 saturated carbocycles. The monoisotopic (exact) mass is 800 g/mol. The van der Waals surface area contributed by atoms with E-state index in [-0.39, 0.29) is 22.5 Å². The van der Waals surface area contributed by atoms with Gasteiger partial charge in [-0.15, -0.1) is 22.7 Å². The van der Waals surface area contributed by atoms with Gasteiger partial charge in [-0.2, -0.15) is 13.2 Å². The predicted molar refractivity (Wildman–Crippen MR) is 231 cm³/mol. The van der Waals surface area contributed by atoms with E-state index >= 15 is 22.0 Å². The highest BCUT2D eigenvalue weighted by molar-refractivity contribution is 7.26. The van der Waals surface area contributed by atoms with Crippen LogP contribution in [0, 0.1) is 11.6 Å². The van der Waals surface area contributed by atoms with Gasteiger partial charge in [0.25, 0.3) is 0 Å². The molecule has 2 nitrogen and oxygen atoms in total. The van der Waals surface area contributed by atoms with Crippen molar-refractivity contribution in [3.8, 4) is 22.5 Å². The average molecular weight is 801 g/mol. The molecule has 12 rings (SSSR count). The Labute approximate surface area is 333 Å². The first-order chi connectivity index (χ1) is 28.2. The number of hydrogen-bond acceptors (Lipinski definition) is 2. The summed E-state index contributed by atoms with van der Waals surface area (Å²) in [4.78, 5) is 0. The summed E-state index contributed by atoms with van der Waals surface area (Å²) < 4.78 is 86.6. The minimum absolute atomic E-state index is 0.114. The largest absolute Gasteiger partial charge is 0.418 e. The van der Waals surface area contributed by atoms with Crippen molar-refractivity contribution < 1.29 is 22.0 Å². The van der Waals surface area contributed by atoms with E-state index in [1.807, 2.05) is 120 Å². The number of halogens is 5. The Morgan fingerprint density at radius 2 is 0.879 bits per heavy atom. The lowest BCUT2D eigenvalue weighted by molar-refractivity contribution is -0.137. The summed E-state index contributed by atoms with van der Waals surface area (Å²) in [6, 6.07) is 44.9. The molecule has 0 amide bonds. The van der Waals surface area contributed by atoms with Crippen LogP contribution in [0.2, 0.25) is 0 Å². The highest BCUT2D eigenvalue weighted by Crippen LogP contribution is 2.49. The second-order valence-corrected chi connectivity index (χ2v) is 16.8. The van der Waals surface area contributed by atoms with Gasteiger partial charge in [-0.1, -0.05) is 84.9 Å². The van der Waals surface area contributed by atoms with Crippen LogP contribution in [-0.4, -0.2) is 9.13 Å². The van der Waals surface area contributed by atoms with Crippen molar-refractivity contribution in [2.75, 3.05) is 0 Å². The minimum Gasteiger partial charge on any atom is -0.308 e. The van der Waals surface area contributed by atoms with Crippen LogP contribution in [-0.2, 0) is 6.18 Å². The van der Waals surface area contributed by atoms with Crippen molar-refractivity contribution in [3.63, 3.8) is 0 Å².